The summed E-state index contributed by atoms with van der Waals surface area (Å²) in [6.07, 6.45) is 4.47. The Morgan fingerprint density at radius 2 is 1.68 bits per heavy atom. The second kappa shape index (κ2) is 11.8. The molecule has 0 bridgehead atoms. The number of nitrogens with one attached hydrogen (secondary N) is 1. The first-order valence-electron chi connectivity index (χ1n) is 11.6. The van der Waals surface area contributed by atoms with Gasteiger partial charge in [-0.2, -0.15) is 4.31 Å². The third-order valence-corrected chi connectivity index (χ3v) is 8.23. The van der Waals surface area contributed by atoms with Gasteiger partial charge in [0, 0.05) is 24.7 Å². The summed E-state index contributed by atoms with van der Waals surface area (Å²) >= 11 is 5.88. The predicted octanol–water partition coefficient (Wildman–Crippen LogP) is 3.83. The fraction of sp³-hybridized carbons (Fsp3) is 0.440. The normalized spacial score (nSPS) is 15.3. The maximum atomic E-state index is 13.5. The number of amides is 2. The van der Waals surface area contributed by atoms with E-state index < -0.39 is 22.0 Å². The average molecular weight is 506 g/mol. The molecule has 184 valence electrons. The molecule has 0 spiro atoms. The Morgan fingerprint density at radius 3 is 2.26 bits per heavy atom. The lowest BCUT2D eigenvalue weighted by Gasteiger charge is -2.32. The summed E-state index contributed by atoms with van der Waals surface area (Å²) in [6, 6.07) is 14.6. The number of sulfonamides is 1. The monoisotopic (exact) mass is 505 g/mol. The van der Waals surface area contributed by atoms with Crippen molar-refractivity contribution < 1.29 is 18.0 Å². The lowest BCUT2D eigenvalue weighted by Crippen LogP contribution is -2.53. The van der Waals surface area contributed by atoms with Gasteiger partial charge in [-0.1, -0.05) is 61.7 Å². The van der Waals surface area contributed by atoms with Crippen LogP contribution in [-0.4, -0.2) is 55.1 Å². The van der Waals surface area contributed by atoms with E-state index in [0.717, 1.165) is 35.6 Å². The van der Waals surface area contributed by atoms with E-state index in [1.54, 1.807) is 0 Å². The van der Waals surface area contributed by atoms with Crippen molar-refractivity contribution in [3.05, 3.63) is 65.2 Å². The van der Waals surface area contributed by atoms with Gasteiger partial charge in [0.2, 0.25) is 21.8 Å². The SMILES string of the molecule is CCC(C(=O)NC1CCCC1)N(Cc1ccccc1)C(=O)CN(C)S(=O)(=O)c1ccc(Cl)cc1. The van der Waals surface area contributed by atoms with Crippen LogP contribution in [0.15, 0.2) is 59.5 Å². The lowest BCUT2D eigenvalue weighted by molar-refractivity contribution is -0.141. The van der Waals surface area contributed by atoms with Crippen molar-refractivity contribution in [2.75, 3.05) is 13.6 Å². The van der Waals surface area contributed by atoms with Crippen molar-refractivity contribution in [2.24, 2.45) is 0 Å². The number of hydrogen-bond acceptors (Lipinski definition) is 4. The molecule has 1 aliphatic carbocycles. The molecule has 2 aromatic carbocycles. The highest BCUT2D eigenvalue weighted by Gasteiger charge is 2.33. The van der Waals surface area contributed by atoms with Crippen molar-refractivity contribution in [2.45, 2.75) is 62.6 Å². The molecule has 0 heterocycles. The first kappa shape index (κ1) is 26.2. The van der Waals surface area contributed by atoms with E-state index in [-0.39, 0.29) is 29.9 Å². The Balaban J connectivity index is 1.81. The van der Waals surface area contributed by atoms with Crippen molar-refractivity contribution >= 4 is 33.4 Å². The van der Waals surface area contributed by atoms with Gasteiger partial charge >= 0.3 is 0 Å². The molecular weight excluding hydrogens is 474 g/mol. The molecule has 1 fully saturated rings. The molecule has 9 heteroatoms. The van der Waals surface area contributed by atoms with Crippen LogP contribution in [0.3, 0.4) is 0 Å². The van der Waals surface area contributed by atoms with Gasteiger partial charge in [-0.05, 0) is 49.1 Å². The van der Waals surface area contributed by atoms with Gasteiger partial charge in [-0.15, -0.1) is 0 Å². The third-order valence-electron chi connectivity index (χ3n) is 6.16. The number of nitrogens with zero attached hydrogens (tertiary/aromatic N) is 2. The number of halogens is 1. The molecule has 1 aliphatic rings. The van der Waals surface area contributed by atoms with Gasteiger partial charge in [0.05, 0.1) is 11.4 Å². The van der Waals surface area contributed by atoms with Crippen LogP contribution in [0.5, 0.6) is 0 Å². The molecule has 0 aromatic heterocycles. The standard InChI is InChI=1S/C25H32ClN3O4S/c1-3-23(25(31)27-21-11-7-8-12-21)29(17-19-9-5-4-6-10-19)24(30)18-28(2)34(32,33)22-15-13-20(26)14-16-22/h4-6,9-10,13-16,21,23H,3,7-8,11-12,17-18H2,1-2H3,(H,27,31). The summed E-state index contributed by atoms with van der Waals surface area (Å²) in [5.41, 5.74) is 0.867. The number of carbonyl (C=O) groups excluding carboxylic acids is 2. The van der Waals surface area contributed by atoms with Crippen molar-refractivity contribution in [3.63, 3.8) is 0 Å². The van der Waals surface area contributed by atoms with E-state index in [1.807, 2.05) is 37.3 Å². The van der Waals surface area contributed by atoms with Crippen LogP contribution in [0.25, 0.3) is 0 Å². The number of carbonyl (C=O) groups is 2. The van der Waals surface area contributed by atoms with Crippen molar-refractivity contribution in [1.82, 2.24) is 14.5 Å². The molecule has 2 amide bonds. The van der Waals surface area contributed by atoms with Gasteiger partial charge in [0.1, 0.15) is 6.04 Å². The van der Waals surface area contributed by atoms with Crippen molar-refractivity contribution in [3.8, 4) is 0 Å². The average Bonchev–Trinajstić information content (AvgIpc) is 3.32. The van der Waals surface area contributed by atoms with Crippen molar-refractivity contribution in [1.29, 1.82) is 0 Å². The van der Waals surface area contributed by atoms with Crippen LogP contribution in [0.4, 0.5) is 0 Å². The van der Waals surface area contributed by atoms with E-state index >= 15 is 0 Å². The number of likely N-dealkylation sites (N-methyl/N-ethyl adjacent to an activating group) is 1. The predicted molar refractivity (Wildman–Crippen MR) is 133 cm³/mol. The molecule has 34 heavy (non-hydrogen) atoms. The summed E-state index contributed by atoms with van der Waals surface area (Å²) in [6.45, 7) is 1.69. The summed E-state index contributed by atoms with van der Waals surface area (Å²) in [5.74, 6) is -0.626. The van der Waals surface area contributed by atoms with E-state index in [4.69, 9.17) is 11.6 Å². The highest BCUT2D eigenvalue weighted by molar-refractivity contribution is 7.89. The molecule has 7 nitrogen and oxygen atoms in total. The summed E-state index contributed by atoms with van der Waals surface area (Å²) in [7, 11) is -2.54. The molecule has 1 saturated carbocycles. The van der Waals surface area contributed by atoms with Gasteiger partial charge in [0.15, 0.2) is 0 Å². The second-order valence-electron chi connectivity index (χ2n) is 8.64. The largest absolute Gasteiger partial charge is 0.352 e. The zero-order valence-corrected chi connectivity index (χ0v) is 21.2. The van der Waals surface area contributed by atoms with E-state index in [2.05, 4.69) is 5.32 Å². The van der Waals surface area contributed by atoms with Crippen LogP contribution >= 0.6 is 11.6 Å². The van der Waals surface area contributed by atoms with Crippen LogP contribution in [0.2, 0.25) is 5.02 Å². The zero-order chi connectivity index (χ0) is 24.7. The first-order valence-corrected chi connectivity index (χ1v) is 13.4. The summed E-state index contributed by atoms with van der Waals surface area (Å²) in [4.78, 5) is 28.1. The highest BCUT2D eigenvalue weighted by atomic mass is 35.5. The van der Waals surface area contributed by atoms with E-state index in [9.17, 15) is 18.0 Å². The first-order chi connectivity index (χ1) is 16.2. The summed E-state index contributed by atoms with van der Waals surface area (Å²) < 4.78 is 27.0. The fourth-order valence-corrected chi connectivity index (χ4v) is 5.47. The van der Waals surface area contributed by atoms with E-state index in [0.29, 0.717) is 11.4 Å². The number of benzene rings is 2. The molecular formula is C25H32ClN3O4S. The smallest absolute Gasteiger partial charge is 0.243 e. The van der Waals surface area contributed by atoms with Gasteiger partial charge in [-0.3, -0.25) is 9.59 Å². The quantitative estimate of drug-likeness (QED) is 0.531. The van der Waals surface area contributed by atoms with E-state index in [1.165, 1.54) is 36.2 Å². The van der Waals surface area contributed by atoms with Crippen LogP contribution in [-0.2, 0) is 26.2 Å². The van der Waals surface area contributed by atoms with Gasteiger partial charge in [0.25, 0.3) is 0 Å². The van der Waals surface area contributed by atoms with Gasteiger partial charge in [-0.25, -0.2) is 8.42 Å². The maximum Gasteiger partial charge on any atom is 0.243 e. The molecule has 2 aromatic rings. The highest BCUT2D eigenvalue weighted by Crippen LogP contribution is 2.21. The van der Waals surface area contributed by atoms with Crippen LogP contribution < -0.4 is 5.32 Å². The van der Waals surface area contributed by atoms with Crippen LogP contribution in [0.1, 0.15) is 44.6 Å². The Labute approximate surface area is 207 Å². The zero-order valence-electron chi connectivity index (χ0n) is 19.6. The minimum Gasteiger partial charge on any atom is -0.352 e. The molecule has 0 radical (unpaired) electrons. The maximum absolute atomic E-state index is 13.5. The summed E-state index contributed by atoms with van der Waals surface area (Å²) in [5, 5.41) is 3.51. The minimum atomic E-state index is -3.90. The number of hydrogen-bond donors (Lipinski definition) is 1. The second-order valence-corrected chi connectivity index (χ2v) is 11.1. The molecule has 3 rings (SSSR count). The Kier molecular flexibility index (Phi) is 9.10. The Hall–Kier alpha value is -2.42. The van der Waals surface area contributed by atoms with Gasteiger partial charge < -0.3 is 10.2 Å². The molecule has 0 saturated heterocycles. The van der Waals surface area contributed by atoms with Crippen LogP contribution in [0, 0.1) is 0 Å². The topological polar surface area (TPSA) is 86.8 Å². The molecule has 1 atom stereocenters. The fourth-order valence-electron chi connectivity index (χ4n) is 4.22. The third kappa shape index (κ3) is 6.58. The molecule has 0 aliphatic heterocycles. The minimum absolute atomic E-state index is 0.0489. The molecule has 1 N–H and O–H groups in total. The molecule has 1 unspecified atom stereocenters. The Bertz CT molecular complexity index is 1070. The number of rotatable bonds is 10. The Morgan fingerprint density at radius 1 is 1.06 bits per heavy atom. The lowest BCUT2D eigenvalue weighted by atomic mass is 10.1.